The molecular weight excluding hydrogens is 452 g/mol. The summed E-state index contributed by atoms with van der Waals surface area (Å²) >= 11 is 6.22. The van der Waals surface area contributed by atoms with Gasteiger partial charge in [-0.05, 0) is 55.8 Å². The normalized spacial score (nSPS) is 14.3. The lowest BCUT2D eigenvalue weighted by Crippen LogP contribution is -2.29. The average molecular weight is 475 g/mol. The fourth-order valence-electron chi connectivity index (χ4n) is 3.46. The van der Waals surface area contributed by atoms with Crippen molar-refractivity contribution < 1.29 is 19.1 Å². The zero-order chi connectivity index (χ0) is 24.1. The molecule has 0 unspecified atom stereocenters. The van der Waals surface area contributed by atoms with Gasteiger partial charge in [0.2, 0.25) is 0 Å². The maximum Gasteiger partial charge on any atom is 0.283 e. The highest BCUT2D eigenvalue weighted by atomic mass is 35.5. The van der Waals surface area contributed by atoms with Gasteiger partial charge < -0.3 is 9.47 Å². The van der Waals surface area contributed by atoms with Gasteiger partial charge in [0, 0.05) is 16.1 Å². The van der Waals surface area contributed by atoms with E-state index in [4.69, 9.17) is 21.1 Å². The molecule has 1 heterocycles. The molecule has 0 saturated carbocycles. The summed E-state index contributed by atoms with van der Waals surface area (Å²) in [5.41, 5.74) is 2.79. The first-order valence-electron chi connectivity index (χ1n) is 10.8. The number of benzene rings is 3. The van der Waals surface area contributed by atoms with Gasteiger partial charge in [-0.3, -0.25) is 9.59 Å². The van der Waals surface area contributed by atoms with Crippen LogP contribution in [0, 0.1) is 0 Å². The molecule has 172 valence electrons. The highest BCUT2D eigenvalue weighted by Gasteiger charge is 2.33. The van der Waals surface area contributed by atoms with Crippen molar-refractivity contribution in [1.29, 1.82) is 0 Å². The van der Waals surface area contributed by atoms with Gasteiger partial charge in [0.25, 0.3) is 11.8 Å². The first-order chi connectivity index (χ1) is 16.5. The van der Waals surface area contributed by atoms with Crippen LogP contribution in [-0.2, 0) is 11.4 Å². The van der Waals surface area contributed by atoms with Gasteiger partial charge in [-0.25, -0.2) is 0 Å². The minimum Gasteiger partial charge on any atom is -0.490 e. The second-order valence-corrected chi connectivity index (χ2v) is 7.96. The van der Waals surface area contributed by atoms with Crippen LogP contribution in [-0.4, -0.2) is 29.1 Å². The molecule has 0 spiro atoms. The number of halogens is 1. The summed E-state index contributed by atoms with van der Waals surface area (Å²) in [5, 5.41) is 5.72. The van der Waals surface area contributed by atoms with E-state index < -0.39 is 11.8 Å². The highest BCUT2D eigenvalue weighted by molar-refractivity contribution is 6.31. The van der Waals surface area contributed by atoms with E-state index in [1.165, 1.54) is 0 Å². The van der Waals surface area contributed by atoms with Gasteiger partial charge in [0.05, 0.1) is 17.9 Å². The summed E-state index contributed by atoms with van der Waals surface area (Å²) in [6.07, 6.45) is 1.69. The Balaban J connectivity index is 1.56. The highest BCUT2D eigenvalue weighted by Crippen LogP contribution is 2.31. The number of carbonyl (C=O) groups is 2. The van der Waals surface area contributed by atoms with Crippen molar-refractivity contribution in [3.63, 3.8) is 0 Å². The van der Waals surface area contributed by atoms with E-state index in [-0.39, 0.29) is 0 Å². The number of rotatable bonds is 7. The van der Waals surface area contributed by atoms with Gasteiger partial charge >= 0.3 is 0 Å². The van der Waals surface area contributed by atoms with Crippen molar-refractivity contribution in [2.45, 2.75) is 20.5 Å². The fourth-order valence-corrected chi connectivity index (χ4v) is 3.65. The van der Waals surface area contributed by atoms with Crippen LogP contribution in [0.15, 0.2) is 83.5 Å². The quantitative estimate of drug-likeness (QED) is 0.322. The monoisotopic (exact) mass is 474 g/mol. The maximum atomic E-state index is 13.0. The van der Waals surface area contributed by atoms with E-state index in [0.29, 0.717) is 46.6 Å². The number of hydrazone groups is 1. The molecule has 0 aromatic heterocycles. The van der Waals surface area contributed by atoms with E-state index in [0.717, 1.165) is 16.1 Å². The molecule has 0 radical (unpaired) electrons. The fraction of sp³-hybridized carbons (Fsp3) is 0.148. The Hall–Kier alpha value is -3.90. The molecule has 6 nitrogen and oxygen atoms in total. The van der Waals surface area contributed by atoms with Gasteiger partial charge in [-0.15, -0.1) is 0 Å². The van der Waals surface area contributed by atoms with E-state index >= 15 is 0 Å². The number of hydrogen-bond donors (Lipinski definition) is 0. The van der Waals surface area contributed by atoms with Gasteiger partial charge in [-0.1, -0.05) is 54.1 Å². The number of amides is 2. The molecule has 3 aromatic rings. The number of hydrogen-bond acceptors (Lipinski definition) is 5. The first-order valence-corrected chi connectivity index (χ1v) is 11.2. The summed E-state index contributed by atoms with van der Waals surface area (Å²) in [5.74, 6) is 0.170. The molecule has 0 N–H and O–H groups in total. The van der Waals surface area contributed by atoms with Crippen LogP contribution in [0.25, 0.3) is 6.08 Å². The van der Waals surface area contributed by atoms with E-state index in [2.05, 4.69) is 5.10 Å². The third-order valence-electron chi connectivity index (χ3n) is 5.20. The summed E-state index contributed by atoms with van der Waals surface area (Å²) in [7, 11) is 0. The zero-order valence-corrected chi connectivity index (χ0v) is 19.6. The molecule has 0 atom stereocenters. The van der Waals surface area contributed by atoms with Crippen molar-refractivity contribution in [2.24, 2.45) is 5.10 Å². The third kappa shape index (κ3) is 5.02. The molecule has 0 saturated heterocycles. The van der Waals surface area contributed by atoms with Crippen LogP contribution in [0.2, 0.25) is 5.02 Å². The lowest BCUT2D eigenvalue weighted by Gasteiger charge is -2.13. The van der Waals surface area contributed by atoms with E-state index in [1.54, 1.807) is 55.5 Å². The zero-order valence-electron chi connectivity index (χ0n) is 18.8. The van der Waals surface area contributed by atoms with Crippen LogP contribution in [0.1, 0.15) is 35.3 Å². The third-order valence-corrected chi connectivity index (χ3v) is 5.56. The van der Waals surface area contributed by atoms with Crippen molar-refractivity contribution in [3.8, 4) is 11.5 Å². The van der Waals surface area contributed by atoms with Crippen molar-refractivity contribution in [2.75, 3.05) is 6.61 Å². The molecule has 7 heteroatoms. The summed E-state index contributed by atoms with van der Waals surface area (Å²) in [6, 6.07) is 21.5. The Bertz CT molecular complexity index is 1280. The number of nitrogens with zero attached hydrogens (tertiary/aromatic N) is 2. The Morgan fingerprint density at radius 1 is 1.00 bits per heavy atom. The predicted molar refractivity (Wildman–Crippen MR) is 132 cm³/mol. The Morgan fingerprint density at radius 2 is 1.74 bits per heavy atom. The maximum absolute atomic E-state index is 13.0. The number of imide groups is 1. The molecule has 0 bridgehead atoms. The predicted octanol–water partition coefficient (Wildman–Crippen LogP) is 5.76. The molecule has 0 aliphatic carbocycles. The van der Waals surface area contributed by atoms with E-state index in [9.17, 15) is 9.59 Å². The second kappa shape index (κ2) is 10.4. The minimum absolute atomic E-state index is 0.293. The van der Waals surface area contributed by atoms with Gasteiger partial charge in [0.15, 0.2) is 11.5 Å². The lowest BCUT2D eigenvalue weighted by atomic mass is 10.1. The first kappa shape index (κ1) is 23.3. The molecule has 4 rings (SSSR count). The Labute approximate surface area is 203 Å². The molecule has 34 heavy (non-hydrogen) atoms. The standard InChI is InChI=1S/C27H23ClN2O4/c1-3-33-25-16-19(13-14-24(25)34-17-21-11-7-8-12-23(21)28)15-22-18(2)29-30(27(22)32)26(31)20-9-5-4-6-10-20/h4-16H,3,17H2,1-2H3/b22-15+. The molecule has 1 aliphatic heterocycles. The molecule has 3 aromatic carbocycles. The van der Waals surface area contributed by atoms with Crippen LogP contribution >= 0.6 is 11.6 Å². The van der Waals surface area contributed by atoms with Crippen LogP contribution in [0.3, 0.4) is 0 Å². The van der Waals surface area contributed by atoms with Crippen molar-refractivity contribution >= 4 is 35.2 Å². The van der Waals surface area contributed by atoms with Crippen LogP contribution < -0.4 is 9.47 Å². The summed E-state index contributed by atoms with van der Waals surface area (Å²) in [4.78, 5) is 25.7. The van der Waals surface area contributed by atoms with E-state index in [1.807, 2.05) is 37.3 Å². The van der Waals surface area contributed by atoms with Crippen molar-refractivity contribution in [1.82, 2.24) is 5.01 Å². The minimum atomic E-state index is -0.469. The smallest absolute Gasteiger partial charge is 0.283 e. The van der Waals surface area contributed by atoms with Gasteiger partial charge in [-0.2, -0.15) is 10.1 Å². The molecule has 1 aliphatic rings. The molecule has 2 amide bonds. The van der Waals surface area contributed by atoms with Crippen LogP contribution in [0.4, 0.5) is 0 Å². The lowest BCUT2D eigenvalue weighted by molar-refractivity contribution is -0.123. The second-order valence-electron chi connectivity index (χ2n) is 7.55. The SMILES string of the molecule is CCOc1cc(/C=C2/C(=O)N(C(=O)c3ccccc3)N=C2C)ccc1OCc1ccccc1Cl. The Morgan fingerprint density at radius 3 is 2.47 bits per heavy atom. The summed E-state index contributed by atoms with van der Waals surface area (Å²) < 4.78 is 11.7. The largest absolute Gasteiger partial charge is 0.490 e. The average Bonchev–Trinajstić information content (AvgIpc) is 3.13. The summed E-state index contributed by atoms with van der Waals surface area (Å²) in [6.45, 7) is 4.32. The van der Waals surface area contributed by atoms with Crippen molar-refractivity contribution in [3.05, 3.63) is 100 Å². The topological polar surface area (TPSA) is 68.2 Å². The Kier molecular flexibility index (Phi) is 7.09. The molecule has 0 fully saturated rings. The number of carbonyl (C=O) groups excluding carboxylic acids is 2. The van der Waals surface area contributed by atoms with Gasteiger partial charge in [0.1, 0.15) is 6.61 Å². The van der Waals surface area contributed by atoms with Crippen LogP contribution in [0.5, 0.6) is 11.5 Å². The molecular formula is C27H23ClN2O4. The number of ether oxygens (including phenoxy) is 2.